The first kappa shape index (κ1) is 15.7. The SMILES string of the molecule is COC(=O)/C=C/c1nc(C(F)(F)F)ccc1C(=O)OC. The molecule has 1 aromatic heterocycles. The Balaban J connectivity index is 3.30. The van der Waals surface area contributed by atoms with Crippen LogP contribution < -0.4 is 0 Å². The highest BCUT2D eigenvalue weighted by atomic mass is 19.4. The van der Waals surface area contributed by atoms with E-state index in [0.29, 0.717) is 6.07 Å². The molecule has 1 rings (SSSR count). The van der Waals surface area contributed by atoms with Gasteiger partial charge in [-0.05, 0) is 18.2 Å². The maximum Gasteiger partial charge on any atom is 0.433 e. The molecule has 0 aromatic carbocycles. The number of esters is 2. The van der Waals surface area contributed by atoms with Crippen LogP contribution in [0.2, 0.25) is 0 Å². The molecule has 0 saturated heterocycles. The average Bonchev–Trinajstić information content (AvgIpc) is 2.42. The molecular formula is C12H10F3NO4. The number of methoxy groups -OCH3 is 2. The number of ether oxygens (including phenoxy) is 2. The molecule has 0 N–H and O–H groups in total. The summed E-state index contributed by atoms with van der Waals surface area (Å²) in [5.41, 5.74) is -1.72. The van der Waals surface area contributed by atoms with Crippen LogP contribution in [-0.4, -0.2) is 31.1 Å². The van der Waals surface area contributed by atoms with Gasteiger partial charge < -0.3 is 9.47 Å². The Hall–Kier alpha value is -2.38. The van der Waals surface area contributed by atoms with Gasteiger partial charge in [-0.25, -0.2) is 14.6 Å². The summed E-state index contributed by atoms with van der Waals surface area (Å²) in [5.74, 6) is -1.66. The smallest absolute Gasteiger partial charge is 0.433 e. The van der Waals surface area contributed by atoms with E-state index in [1.165, 1.54) is 0 Å². The zero-order chi connectivity index (χ0) is 15.3. The van der Waals surface area contributed by atoms with Gasteiger partial charge in [0.15, 0.2) is 0 Å². The Morgan fingerprint density at radius 3 is 2.35 bits per heavy atom. The van der Waals surface area contributed by atoms with E-state index in [1.54, 1.807) is 0 Å². The molecule has 0 saturated carbocycles. The minimum Gasteiger partial charge on any atom is -0.466 e. The molecule has 5 nitrogen and oxygen atoms in total. The predicted octanol–water partition coefficient (Wildman–Crippen LogP) is 2.07. The van der Waals surface area contributed by atoms with E-state index < -0.39 is 23.8 Å². The van der Waals surface area contributed by atoms with E-state index in [-0.39, 0.29) is 11.3 Å². The summed E-state index contributed by atoms with van der Waals surface area (Å²) in [7, 11) is 2.18. The molecule has 108 valence electrons. The second-order valence-corrected chi connectivity index (χ2v) is 3.48. The molecule has 0 atom stereocenters. The molecule has 0 bridgehead atoms. The van der Waals surface area contributed by atoms with Crippen molar-refractivity contribution >= 4 is 18.0 Å². The molecule has 1 aromatic rings. The number of halogens is 3. The third kappa shape index (κ3) is 3.81. The molecule has 0 aliphatic carbocycles. The van der Waals surface area contributed by atoms with Gasteiger partial charge in [-0.3, -0.25) is 0 Å². The van der Waals surface area contributed by atoms with Crippen LogP contribution in [-0.2, 0) is 20.4 Å². The quantitative estimate of drug-likeness (QED) is 0.629. The standard InChI is InChI=1S/C12H10F3NO4/c1-19-10(17)6-4-8-7(11(18)20-2)3-5-9(16-8)12(13,14)15/h3-6H,1-2H3/b6-4+. The van der Waals surface area contributed by atoms with E-state index in [1.807, 2.05) is 0 Å². The van der Waals surface area contributed by atoms with E-state index in [0.717, 1.165) is 32.4 Å². The molecule has 0 spiro atoms. The summed E-state index contributed by atoms with van der Waals surface area (Å²) in [6.07, 6.45) is -2.86. The first-order valence-corrected chi connectivity index (χ1v) is 5.22. The predicted molar refractivity (Wildman–Crippen MR) is 61.6 cm³/mol. The van der Waals surface area contributed by atoms with E-state index in [9.17, 15) is 22.8 Å². The van der Waals surface area contributed by atoms with Crippen molar-refractivity contribution in [2.75, 3.05) is 14.2 Å². The molecule has 0 aliphatic rings. The average molecular weight is 289 g/mol. The van der Waals surface area contributed by atoms with Gasteiger partial charge in [-0.2, -0.15) is 13.2 Å². The molecule has 1 heterocycles. The number of carbonyl (C=O) groups excluding carboxylic acids is 2. The Morgan fingerprint density at radius 2 is 1.85 bits per heavy atom. The van der Waals surface area contributed by atoms with Crippen LogP contribution in [0.15, 0.2) is 18.2 Å². The van der Waals surface area contributed by atoms with Crippen LogP contribution in [0.4, 0.5) is 13.2 Å². The normalized spacial score (nSPS) is 11.4. The number of hydrogen-bond acceptors (Lipinski definition) is 5. The zero-order valence-electron chi connectivity index (χ0n) is 10.5. The molecule has 0 aliphatic heterocycles. The fourth-order valence-electron chi connectivity index (χ4n) is 1.26. The van der Waals surface area contributed by atoms with Crippen LogP contribution >= 0.6 is 0 Å². The van der Waals surface area contributed by atoms with Crippen LogP contribution in [0, 0.1) is 0 Å². The summed E-state index contributed by atoms with van der Waals surface area (Å²) in [6, 6.07) is 1.58. The fraction of sp³-hybridized carbons (Fsp3) is 0.250. The summed E-state index contributed by atoms with van der Waals surface area (Å²) in [6.45, 7) is 0. The van der Waals surface area contributed by atoms with Crippen molar-refractivity contribution in [3.63, 3.8) is 0 Å². The van der Waals surface area contributed by atoms with Gasteiger partial charge in [-0.1, -0.05) is 0 Å². The highest BCUT2D eigenvalue weighted by molar-refractivity contribution is 5.95. The third-order valence-electron chi connectivity index (χ3n) is 2.20. The molecular weight excluding hydrogens is 279 g/mol. The lowest BCUT2D eigenvalue weighted by Gasteiger charge is -2.09. The number of aromatic nitrogens is 1. The van der Waals surface area contributed by atoms with Gasteiger partial charge in [0.05, 0.1) is 25.5 Å². The van der Waals surface area contributed by atoms with Crippen molar-refractivity contribution in [1.29, 1.82) is 0 Å². The Morgan fingerprint density at radius 1 is 1.20 bits per heavy atom. The van der Waals surface area contributed by atoms with Crippen LogP contribution in [0.3, 0.4) is 0 Å². The lowest BCUT2D eigenvalue weighted by molar-refractivity contribution is -0.141. The van der Waals surface area contributed by atoms with Crippen molar-refractivity contribution in [2.24, 2.45) is 0 Å². The monoisotopic (exact) mass is 289 g/mol. The Labute approximate surface area is 112 Å². The largest absolute Gasteiger partial charge is 0.466 e. The summed E-state index contributed by atoms with van der Waals surface area (Å²) < 4.78 is 46.4. The zero-order valence-corrected chi connectivity index (χ0v) is 10.5. The second kappa shape index (κ2) is 6.18. The van der Waals surface area contributed by atoms with Crippen molar-refractivity contribution < 1.29 is 32.2 Å². The number of carbonyl (C=O) groups is 2. The molecule has 0 unspecified atom stereocenters. The maximum atomic E-state index is 12.6. The Kier molecular flexibility index (Phi) is 4.84. The van der Waals surface area contributed by atoms with Gasteiger partial charge in [0, 0.05) is 6.08 Å². The number of pyridine rings is 1. The van der Waals surface area contributed by atoms with Crippen LogP contribution in [0.1, 0.15) is 21.7 Å². The van der Waals surface area contributed by atoms with E-state index >= 15 is 0 Å². The number of rotatable bonds is 3. The van der Waals surface area contributed by atoms with Crippen LogP contribution in [0.5, 0.6) is 0 Å². The topological polar surface area (TPSA) is 65.5 Å². The lowest BCUT2D eigenvalue weighted by atomic mass is 10.1. The van der Waals surface area contributed by atoms with Crippen molar-refractivity contribution in [3.05, 3.63) is 35.2 Å². The minimum absolute atomic E-state index is 0.194. The molecule has 20 heavy (non-hydrogen) atoms. The number of alkyl halides is 3. The second-order valence-electron chi connectivity index (χ2n) is 3.48. The summed E-state index contributed by atoms with van der Waals surface area (Å²) in [5, 5.41) is 0. The number of nitrogens with zero attached hydrogens (tertiary/aromatic N) is 1. The molecule has 8 heteroatoms. The maximum absolute atomic E-state index is 12.6. The Bertz CT molecular complexity index is 552. The molecule has 0 amide bonds. The number of hydrogen-bond donors (Lipinski definition) is 0. The highest BCUT2D eigenvalue weighted by Crippen LogP contribution is 2.28. The van der Waals surface area contributed by atoms with Gasteiger partial charge >= 0.3 is 18.1 Å². The molecule has 0 radical (unpaired) electrons. The third-order valence-corrected chi connectivity index (χ3v) is 2.20. The minimum atomic E-state index is -4.66. The fourth-order valence-corrected chi connectivity index (χ4v) is 1.26. The van der Waals surface area contributed by atoms with Gasteiger partial charge in [-0.15, -0.1) is 0 Å². The van der Waals surface area contributed by atoms with Gasteiger partial charge in [0.1, 0.15) is 5.69 Å². The summed E-state index contributed by atoms with van der Waals surface area (Å²) >= 11 is 0. The highest BCUT2D eigenvalue weighted by Gasteiger charge is 2.33. The van der Waals surface area contributed by atoms with Crippen molar-refractivity contribution in [1.82, 2.24) is 4.98 Å². The first-order chi connectivity index (χ1) is 9.29. The van der Waals surface area contributed by atoms with Crippen molar-refractivity contribution in [3.8, 4) is 0 Å². The van der Waals surface area contributed by atoms with Crippen molar-refractivity contribution in [2.45, 2.75) is 6.18 Å². The lowest BCUT2D eigenvalue weighted by Crippen LogP contribution is -2.12. The van der Waals surface area contributed by atoms with E-state index in [2.05, 4.69) is 14.5 Å². The van der Waals surface area contributed by atoms with E-state index in [4.69, 9.17) is 0 Å². The van der Waals surface area contributed by atoms with Crippen LogP contribution in [0.25, 0.3) is 6.08 Å². The van der Waals surface area contributed by atoms with Gasteiger partial charge in [0.2, 0.25) is 0 Å². The molecule has 0 fully saturated rings. The summed E-state index contributed by atoms with van der Waals surface area (Å²) in [4.78, 5) is 25.7. The van der Waals surface area contributed by atoms with Gasteiger partial charge in [0.25, 0.3) is 0 Å². The first-order valence-electron chi connectivity index (χ1n) is 5.22.